The molecule has 0 aliphatic carbocycles. The van der Waals surface area contributed by atoms with Crippen LogP contribution in [0.5, 0.6) is 0 Å². The van der Waals surface area contributed by atoms with Gasteiger partial charge in [-0.15, -0.1) is 0 Å². The molecule has 0 spiro atoms. The molecule has 0 N–H and O–H groups in total. The smallest absolute Gasteiger partial charge is 0.0998 e. The topological polar surface area (TPSA) is 46.5 Å². The van der Waals surface area contributed by atoms with Crippen molar-refractivity contribution < 1.29 is 0 Å². The first kappa shape index (κ1) is 40.7. The lowest BCUT2D eigenvalue weighted by atomic mass is 9.98. The van der Waals surface area contributed by atoms with Crippen LogP contribution in [-0.4, -0.2) is 14.1 Å². The molecule has 0 fully saturated rings. The minimum absolute atomic E-state index is 0.580. The SMILES string of the molecule is Cc1cccc(-c2ccc3c4ccc(-c5cccc(C)c5)cc4n(-c4cc(C#N)c(-c5ccncc5)cc4-n4c5cc(-c6cccc(C)c6)ccc5c5ccc(-c6cccc(C)c6)cc54)c3c2)c1. The molecule has 0 atom stereocenters. The number of rotatable bonds is 7. The van der Waals surface area contributed by atoms with Crippen molar-refractivity contribution in [2.45, 2.75) is 27.7 Å². The summed E-state index contributed by atoms with van der Waals surface area (Å²) < 4.78 is 4.87. The highest BCUT2D eigenvalue weighted by Crippen LogP contribution is 2.44. The molecule has 322 valence electrons. The van der Waals surface area contributed by atoms with Gasteiger partial charge in [-0.2, -0.15) is 5.26 Å². The van der Waals surface area contributed by atoms with E-state index in [0.29, 0.717) is 5.56 Å². The van der Waals surface area contributed by atoms with Crippen LogP contribution in [-0.2, 0) is 0 Å². The minimum Gasteiger partial charge on any atom is -0.307 e. The van der Waals surface area contributed by atoms with E-state index in [9.17, 15) is 5.26 Å². The van der Waals surface area contributed by atoms with Crippen molar-refractivity contribution in [3.63, 3.8) is 0 Å². The molecular formula is C64H46N4. The third kappa shape index (κ3) is 6.96. The fourth-order valence-corrected chi connectivity index (χ4v) is 10.4. The number of benzene rings is 9. The zero-order chi connectivity index (χ0) is 46.0. The zero-order valence-electron chi connectivity index (χ0n) is 38.4. The number of fused-ring (bicyclic) bond motifs is 6. The van der Waals surface area contributed by atoms with Gasteiger partial charge in [-0.25, -0.2) is 0 Å². The maximum atomic E-state index is 11.2. The maximum Gasteiger partial charge on any atom is 0.0998 e. The van der Waals surface area contributed by atoms with Gasteiger partial charge in [0.25, 0.3) is 0 Å². The van der Waals surface area contributed by atoms with E-state index in [1.807, 2.05) is 12.1 Å². The fourth-order valence-electron chi connectivity index (χ4n) is 10.4. The van der Waals surface area contributed by atoms with Crippen LogP contribution in [0.3, 0.4) is 0 Å². The monoisotopic (exact) mass is 870 g/mol. The summed E-state index contributed by atoms with van der Waals surface area (Å²) in [7, 11) is 0. The predicted octanol–water partition coefficient (Wildman–Crippen LogP) is 16.7. The summed E-state index contributed by atoms with van der Waals surface area (Å²) in [6, 6.07) is 73.4. The van der Waals surface area contributed by atoms with Crippen molar-refractivity contribution >= 4 is 43.6 Å². The average Bonchev–Trinajstić information content (AvgIpc) is 3.87. The summed E-state index contributed by atoms with van der Waals surface area (Å²) in [5.74, 6) is 0. The van der Waals surface area contributed by atoms with Crippen molar-refractivity contribution in [2.75, 3.05) is 0 Å². The highest BCUT2D eigenvalue weighted by molar-refractivity contribution is 6.14. The summed E-state index contributed by atoms with van der Waals surface area (Å²) in [6.07, 6.45) is 3.61. The van der Waals surface area contributed by atoms with E-state index >= 15 is 0 Å². The molecule has 9 aromatic carbocycles. The van der Waals surface area contributed by atoms with E-state index in [1.165, 1.54) is 22.3 Å². The average molecular weight is 871 g/mol. The molecule has 3 heterocycles. The van der Waals surface area contributed by atoms with E-state index in [2.05, 4.69) is 230 Å². The highest BCUT2D eigenvalue weighted by Gasteiger charge is 2.24. The maximum absolute atomic E-state index is 11.2. The fraction of sp³-hybridized carbons (Fsp3) is 0.0625. The molecule has 0 bridgehead atoms. The van der Waals surface area contributed by atoms with Crippen LogP contribution in [0.4, 0.5) is 0 Å². The Kier molecular flexibility index (Phi) is 9.74. The molecule has 4 heteroatoms. The molecule has 12 rings (SSSR count). The van der Waals surface area contributed by atoms with Gasteiger partial charge in [0.15, 0.2) is 0 Å². The van der Waals surface area contributed by atoms with Crippen molar-refractivity contribution in [2.24, 2.45) is 0 Å². The van der Waals surface area contributed by atoms with E-state index in [0.717, 1.165) is 111 Å². The third-order valence-electron chi connectivity index (χ3n) is 13.6. The lowest BCUT2D eigenvalue weighted by Crippen LogP contribution is -2.06. The van der Waals surface area contributed by atoms with E-state index in [1.54, 1.807) is 12.4 Å². The second kappa shape index (κ2) is 16.3. The molecule has 4 nitrogen and oxygen atoms in total. The van der Waals surface area contributed by atoms with Crippen molar-refractivity contribution in [3.05, 3.63) is 234 Å². The van der Waals surface area contributed by atoms with Crippen molar-refractivity contribution in [1.82, 2.24) is 14.1 Å². The Labute approximate surface area is 396 Å². The number of aryl methyl sites for hydroxylation is 4. The number of nitrogens with zero attached hydrogens (tertiary/aromatic N) is 4. The van der Waals surface area contributed by atoms with Crippen molar-refractivity contribution in [1.29, 1.82) is 5.26 Å². The second-order valence-electron chi connectivity index (χ2n) is 18.3. The first-order valence-corrected chi connectivity index (χ1v) is 23.2. The Hall–Kier alpha value is -8.78. The van der Waals surface area contributed by atoms with Crippen LogP contribution in [0, 0.1) is 39.0 Å². The van der Waals surface area contributed by atoms with E-state index in [4.69, 9.17) is 0 Å². The highest BCUT2D eigenvalue weighted by atomic mass is 15.1. The number of hydrogen-bond donors (Lipinski definition) is 0. The predicted molar refractivity (Wildman–Crippen MR) is 284 cm³/mol. The van der Waals surface area contributed by atoms with E-state index in [-0.39, 0.29) is 0 Å². The van der Waals surface area contributed by atoms with Crippen LogP contribution in [0.15, 0.2) is 207 Å². The molecular weight excluding hydrogens is 825 g/mol. The molecule has 3 aromatic heterocycles. The molecule has 0 saturated heterocycles. The summed E-state index contributed by atoms with van der Waals surface area (Å²) >= 11 is 0. The second-order valence-corrected chi connectivity index (χ2v) is 18.3. The molecule has 0 radical (unpaired) electrons. The lowest BCUT2D eigenvalue weighted by Gasteiger charge is -2.20. The van der Waals surface area contributed by atoms with Crippen LogP contribution in [0.2, 0.25) is 0 Å². The normalized spacial score (nSPS) is 11.5. The van der Waals surface area contributed by atoms with Gasteiger partial charge in [0.05, 0.1) is 45.1 Å². The summed E-state index contributed by atoms with van der Waals surface area (Å²) in [5.41, 5.74) is 22.5. The molecule has 0 saturated carbocycles. The van der Waals surface area contributed by atoms with Gasteiger partial charge in [0.1, 0.15) is 0 Å². The lowest BCUT2D eigenvalue weighted by molar-refractivity contribution is 1.09. The summed E-state index contributed by atoms with van der Waals surface area (Å²) in [5, 5.41) is 15.8. The van der Waals surface area contributed by atoms with E-state index < -0.39 is 0 Å². The van der Waals surface area contributed by atoms with Crippen molar-refractivity contribution in [3.8, 4) is 73.1 Å². The first-order chi connectivity index (χ1) is 33.3. The molecule has 0 amide bonds. The van der Waals surface area contributed by atoms with Crippen LogP contribution in [0.1, 0.15) is 27.8 Å². The first-order valence-electron chi connectivity index (χ1n) is 23.2. The van der Waals surface area contributed by atoms with Gasteiger partial charge in [0, 0.05) is 39.5 Å². The Morgan fingerprint density at radius 2 is 0.662 bits per heavy atom. The Bertz CT molecular complexity index is 3820. The zero-order valence-corrected chi connectivity index (χ0v) is 38.4. The molecule has 12 aromatic rings. The van der Waals surface area contributed by atoms with Gasteiger partial charge in [0.2, 0.25) is 0 Å². The quantitative estimate of drug-likeness (QED) is 0.160. The van der Waals surface area contributed by atoms with Gasteiger partial charge in [-0.1, -0.05) is 168 Å². The van der Waals surface area contributed by atoms with Crippen LogP contribution in [0.25, 0.3) is 111 Å². The Balaban J connectivity index is 1.25. The van der Waals surface area contributed by atoms with Gasteiger partial charge in [-0.3, -0.25) is 4.98 Å². The number of nitriles is 1. The van der Waals surface area contributed by atoms with Gasteiger partial charge >= 0.3 is 0 Å². The Morgan fingerprint density at radius 3 is 0.985 bits per heavy atom. The number of aromatic nitrogens is 3. The summed E-state index contributed by atoms with van der Waals surface area (Å²) in [4.78, 5) is 4.38. The number of hydrogen-bond acceptors (Lipinski definition) is 2. The van der Waals surface area contributed by atoms with Gasteiger partial charge in [-0.05, 0) is 126 Å². The Morgan fingerprint density at radius 1 is 0.338 bits per heavy atom. The molecule has 68 heavy (non-hydrogen) atoms. The van der Waals surface area contributed by atoms with Crippen LogP contribution >= 0.6 is 0 Å². The molecule has 0 aliphatic rings. The largest absolute Gasteiger partial charge is 0.307 e. The summed E-state index contributed by atoms with van der Waals surface area (Å²) in [6.45, 7) is 8.59. The third-order valence-corrected chi connectivity index (χ3v) is 13.6. The number of pyridine rings is 1. The molecule has 0 unspecified atom stereocenters. The minimum atomic E-state index is 0.580. The molecule has 0 aliphatic heterocycles. The standard InChI is InChI=1S/C64H46N4/c1-40-9-5-13-45(29-40)49-17-21-54-55-22-18-50(46-14-6-10-41(2)30-46)34-60(55)67(59(54)33-49)63-37-53(39-65)58(44-25-27-66-28-26-44)38-64(63)68-61-35-51(47-15-7-11-42(3)31-47)19-23-56(61)57-24-20-52(36-62(57)68)48-16-8-12-43(4)32-48/h5-38H,1-4H3. The van der Waals surface area contributed by atoms with Crippen LogP contribution < -0.4 is 0 Å². The van der Waals surface area contributed by atoms with Gasteiger partial charge < -0.3 is 9.13 Å².